The van der Waals surface area contributed by atoms with Gasteiger partial charge < -0.3 is 0 Å². The fraction of sp³-hybridized carbons (Fsp3) is 1.00. The van der Waals surface area contributed by atoms with E-state index in [0.717, 1.165) is 12.8 Å². The molecular formula is C9H18O2S. The predicted octanol–water partition coefficient (Wildman–Crippen LogP) is 1.71. The molecule has 0 spiro atoms. The monoisotopic (exact) mass is 190 g/mol. The highest BCUT2D eigenvalue weighted by atomic mass is 32.2. The molecule has 0 N–H and O–H groups in total. The topological polar surface area (TPSA) is 34.1 Å². The van der Waals surface area contributed by atoms with Crippen LogP contribution in [0.2, 0.25) is 0 Å². The molecule has 1 aliphatic carbocycles. The molecule has 0 aromatic heterocycles. The minimum absolute atomic E-state index is 0.391. The third-order valence-corrected chi connectivity index (χ3v) is 4.00. The number of sulfone groups is 1. The van der Waals surface area contributed by atoms with Crippen molar-refractivity contribution in [3.63, 3.8) is 0 Å². The molecule has 1 rings (SSSR count). The van der Waals surface area contributed by atoms with Crippen molar-refractivity contribution in [1.29, 1.82) is 0 Å². The van der Waals surface area contributed by atoms with Gasteiger partial charge in [-0.05, 0) is 30.6 Å². The molecule has 0 heterocycles. The van der Waals surface area contributed by atoms with Gasteiger partial charge in [0, 0.05) is 6.26 Å². The maximum atomic E-state index is 11.0. The van der Waals surface area contributed by atoms with E-state index in [1.54, 1.807) is 0 Å². The molecule has 1 saturated carbocycles. The average Bonchev–Trinajstić information content (AvgIpc) is 2.07. The molecule has 0 aromatic carbocycles. The zero-order valence-electron chi connectivity index (χ0n) is 8.08. The molecule has 72 valence electrons. The molecule has 0 aromatic rings. The molecule has 3 heteroatoms. The van der Waals surface area contributed by atoms with Crippen molar-refractivity contribution in [3.8, 4) is 0 Å². The summed E-state index contributed by atoms with van der Waals surface area (Å²) in [5.74, 6) is 2.22. The van der Waals surface area contributed by atoms with E-state index < -0.39 is 9.84 Å². The lowest BCUT2D eigenvalue weighted by Crippen LogP contribution is -2.12. The van der Waals surface area contributed by atoms with Crippen molar-refractivity contribution in [1.82, 2.24) is 0 Å². The second-order valence-electron chi connectivity index (χ2n) is 4.38. The van der Waals surface area contributed by atoms with Crippen LogP contribution in [0.5, 0.6) is 0 Å². The average molecular weight is 190 g/mol. The van der Waals surface area contributed by atoms with Crippen LogP contribution in [0.3, 0.4) is 0 Å². The van der Waals surface area contributed by atoms with Crippen LogP contribution in [0.25, 0.3) is 0 Å². The Morgan fingerprint density at radius 1 is 1.17 bits per heavy atom. The highest BCUT2D eigenvalue weighted by molar-refractivity contribution is 7.90. The molecule has 1 unspecified atom stereocenters. The first-order chi connectivity index (χ1) is 5.38. The van der Waals surface area contributed by atoms with E-state index in [9.17, 15) is 8.42 Å². The standard InChI is InChI=1S/C9H18O2S/c1-7-4-9(5-8(7)2)6-12(3,10)11/h7-9H,4-6H2,1-3H3/t7-,8+,9?. The van der Waals surface area contributed by atoms with Gasteiger partial charge in [0.15, 0.2) is 0 Å². The van der Waals surface area contributed by atoms with Crippen LogP contribution in [0.4, 0.5) is 0 Å². The first-order valence-electron chi connectivity index (χ1n) is 4.56. The Labute approximate surface area is 75.3 Å². The van der Waals surface area contributed by atoms with Crippen LogP contribution in [0.15, 0.2) is 0 Å². The van der Waals surface area contributed by atoms with E-state index in [4.69, 9.17) is 0 Å². The molecule has 0 amide bonds. The Kier molecular flexibility index (Phi) is 2.81. The van der Waals surface area contributed by atoms with Gasteiger partial charge in [0.25, 0.3) is 0 Å². The van der Waals surface area contributed by atoms with Crippen LogP contribution in [0, 0.1) is 17.8 Å². The summed E-state index contributed by atoms with van der Waals surface area (Å²) in [4.78, 5) is 0. The fourth-order valence-electron chi connectivity index (χ4n) is 2.18. The summed E-state index contributed by atoms with van der Waals surface area (Å²) in [6.45, 7) is 4.43. The summed E-state index contributed by atoms with van der Waals surface area (Å²) < 4.78 is 22.0. The van der Waals surface area contributed by atoms with Crippen molar-refractivity contribution in [2.75, 3.05) is 12.0 Å². The van der Waals surface area contributed by atoms with E-state index >= 15 is 0 Å². The molecule has 1 aliphatic rings. The zero-order valence-corrected chi connectivity index (χ0v) is 8.89. The van der Waals surface area contributed by atoms with Crippen LogP contribution in [-0.4, -0.2) is 20.4 Å². The van der Waals surface area contributed by atoms with E-state index in [1.165, 1.54) is 6.26 Å². The maximum Gasteiger partial charge on any atom is 0.147 e. The van der Waals surface area contributed by atoms with Crippen LogP contribution in [-0.2, 0) is 9.84 Å². The lowest BCUT2D eigenvalue weighted by Gasteiger charge is -2.06. The minimum atomic E-state index is -2.75. The first kappa shape index (κ1) is 10.0. The Balaban J connectivity index is 2.48. The van der Waals surface area contributed by atoms with E-state index in [2.05, 4.69) is 13.8 Å². The van der Waals surface area contributed by atoms with Crippen molar-refractivity contribution in [2.45, 2.75) is 26.7 Å². The van der Waals surface area contributed by atoms with Crippen molar-refractivity contribution in [2.24, 2.45) is 17.8 Å². The third kappa shape index (κ3) is 2.77. The number of rotatable bonds is 2. The van der Waals surface area contributed by atoms with Gasteiger partial charge in [0.05, 0.1) is 5.75 Å². The molecule has 12 heavy (non-hydrogen) atoms. The summed E-state index contributed by atoms with van der Waals surface area (Å²) in [5.41, 5.74) is 0. The van der Waals surface area contributed by atoms with Crippen molar-refractivity contribution >= 4 is 9.84 Å². The van der Waals surface area contributed by atoms with E-state index in [-0.39, 0.29) is 0 Å². The summed E-state index contributed by atoms with van der Waals surface area (Å²) in [7, 11) is -2.75. The smallest absolute Gasteiger partial charge is 0.147 e. The molecule has 2 nitrogen and oxygen atoms in total. The van der Waals surface area contributed by atoms with Crippen molar-refractivity contribution in [3.05, 3.63) is 0 Å². The molecule has 0 saturated heterocycles. The molecule has 1 fully saturated rings. The van der Waals surface area contributed by atoms with Crippen LogP contribution < -0.4 is 0 Å². The number of hydrogen-bond acceptors (Lipinski definition) is 2. The summed E-state index contributed by atoms with van der Waals surface area (Å²) in [5, 5.41) is 0. The summed E-state index contributed by atoms with van der Waals surface area (Å²) in [6.07, 6.45) is 3.52. The van der Waals surface area contributed by atoms with Crippen LogP contribution >= 0.6 is 0 Å². The lowest BCUT2D eigenvalue weighted by molar-refractivity contribution is 0.457. The predicted molar refractivity (Wildman–Crippen MR) is 50.8 cm³/mol. The van der Waals surface area contributed by atoms with Gasteiger partial charge in [0.1, 0.15) is 9.84 Å². The first-order valence-corrected chi connectivity index (χ1v) is 6.62. The highest BCUT2D eigenvalue weighted by Gasteiger charge is 2.29. The summed E-state index contributed by atoms with van der Waals surface area (Å²) >= 11 is 0. The molecule has 0 radical (unpaired) electrons. The molecule has 0 bridgehead atoms. The van der Waals surface area contributed by atoms with Crippen LogP contribution in [0.1, 0.15) is 26.7 Å². The third-order valence-electron chi connectivity index (χ3n) is 2.92. The fourth-order valence-corrected chi connectivity index (χ4v) is 3.31. The van der Waals surface area contributed by atoms with Gasteiger partial charge in [-0.2, -0.15) is 0 Å². The van der Waals surface area contributed by atoms with Gasteiger partial charge in [-0.15, -0.1) is 0 Å². The largest absolute Gasteiger partial charge is 0.229 e. The lowest BCUT2D eigenvalue weighted by atomic mass is 10.0. The maximum absolute atomic E-state index is 11.0. The van der Waals surface area contributed by atoms with E-state index in [0.29, 0.717) is 23.5 Å². The van der Waals surface area contributed by atoms with Gasteiger partial charge in [-0.1, -0.05) is 13.8 Å². The minimum Gasteiger partial charge on any atom is -0.229 e. The molecular weight excluding hydrogens is 172 g/mol. The Hall–Kier alpha value is -0.0500. The Morgan fingerprint density at radius 2 is 1.58 bits per heavy atom. The Morgan fingerprint density at radius 3 is 1.92 bits per heavy atom. The summed E-state index contributed by atoms with van der Waals surface area (Å²) in [6, 6.07) is 0. The van der Waals surface area contributed by atoms with E-state index in [1.807, 2.05) is 0 Å². The highest BCUT2D eigenvalue weighted by Crippen LogP contribution is 2.36. The van der Waals surface area contributed by atoms with Gasteiger partial charge in [-0.25, -0.2) is 8.42 Å². The van der Waals surface area contributed by atoms with Gasteiger partial charge >= 0.3 is 0 Å². The number of hydrogen-bond donors (Lipinski definition) is 0. The second kappa shape index (κ2) is 3.36. The normalized spacial score (nSPS) is 37.1. The van der Waals surface area contributed by atoms with Gasteiger partial charge in [-0.3, -0.25) is 0 Å². The Bertz CT molecular complexity index is 233. The van der Waals surface area contributed by atoms with Gasteiger partial charge in [0.2, 0.25) is 0 Å². The zero-order chi connectivity index (χ0) is 9.35. The quantitative estimate of drug-likeness (QED) is 0.664. The molecule has 3 atom stereocenters. The second-order valence-corrected chi connectivity index (χ2v) is 6.57. The van der Waals surface area contributed by atoms with Crippen molar-refractivity contribution < 1.29 is 8.42 Å². The molecule has 0 aliphatic heterocycles. The SMILES string of the molecule is C[C@@H]1CC(CS(C)(=O)=O)C[C@@H]1C.